The molecule has 0 saturated heterocycles. The molecular weight excluding hydrogens is 396 g/mol. The quantitative estimate of drug-likeness (QED) is 0.450. The molecule has 0 fully saturated rings. The lowest BCUT2D eigenvalue weighted by molar-refractivity contribution is 0.594. The number of thiophene rings is 1. The third kappa shape index (κ3) is 3.58. The molecule has 4 rings (SSSR count). The number of aromatic nitrogens is 3. The summed E-state index contributed by atoms with van der Waals surface area (Å²) in [5, 5.41) is 3.67. The number of rotatable bonds is 6. The second-order valence-corrected chi connectivity index (χ2v) is 9.68. The van der Waals surface area contributed by atoms with Crippen LogP contribution in [0.5, 0.6) is 0 Å². The summed E-state index contributed by atoms with van der Waals surface area (Å²) < 4.78 is 13.5. The Hall–Kier alpha value is -2.00. The maximum atomic E-state index is 12.7. The largest absolute Gasteiger partial charge is 0.611 e. The number of hydrogen-bond donors (Lipinski definition) is 1. The molecule has 8 heteroatoms. The molecule has 27 heavy (non-hydrogen) atoms. The van der Waals surface area contributed by atoms with Crippen molar-refractivity contribution in [3.63, 3.8) is 0 Å². The van der Waals surface area contributed by atoms with Crippen LogP contribution in [-0.2, 0) is 11.2 Å². The van der Waals surface area contributed by atoms with E-state index in [1.807, 2.05) is 23.6 Å². The highest BCUT2D eigenvalue weighted by Gasteiger charge is 2.25. The summed E-state index contributed by atoms with van der Waals surface area (Å²) in [4.78, 5) is 14.3. The first kappa shape index (κ1) is 18.4. The van der Waals surface area contributed by atoms with Crippen LogP contribution in [0.25, 0.3) is 32.0 Å². The molecule has 0 bridgehead atoms. The van der Waals surface area contributed by atoms with Gasteiger partial charge in [-0.05, 0) is 35.8 Å². The molecule has 4 aromatic rings. The Balaban J connectivity index is 1.92. The van der Waals surface area contributed by atoms with Crippen molar-refractivity contribution in [1.82, 2.24) is 15.0 Å². The van der Waals surface area contributed by atoms with Crippen LogP contribution in [0.4, 0.5) is 5.69 Å². The van der Waals surface area contributed by atoms with E-state index in [0.717, 1.165) is 44.9 Å². The van der Waals surface area contributed by atoms with Crippen LogP contribution >= 0.6 is 22.7 Å². The molecule has 138 valence electrons. The first-order valence-corrected chi connectivity index (χ1v) is 11.6. The van der Waals surface area contributed by atoms with E-state index in [0.29, 0.717) is 15.6 Å². The molecule has 4 aromatic heterocycles. The zero-order valence-electron chi connectivity index (χ0n) is 14.7. The lowest BCUT2D eigenvalue weighted by Crippen LogP contribution is -2.06. The minimum atomic E-state index is -1.11. The highest BCUT2D eigenvalue weighted by atomic mass is 32.2. The molecular formula is C19H18N4OS3. The topological polar surface area (TPSA) is 87.8 Å². The zero-order chi connectivity index (χ0) is 18.8. The maximum absolute atomic E-state index is 12.7. The fraction of sp³-hybridized carbons (Fsp3) is 0.211. The van der Waals surface area contributed by atoms with Crippen molar-refractivity contribution in [3.05, 3.63) is 42.2 Å². The molecule has 0 amide bonds. The Morgan fingerprint density at radius 3 is 2.89 bits per heavy atom. The molecule has 0 aliphatic heterocycles. The molecule has 0 radical (unpaired) electrons. The lowest BCUT2D eigenvalue weighted by Gasteiger charge is -2.08. The van der Waals surface area contributed by atoms with Crippen LogP contribution < -0.4 is 5.73 Å². The van der Waals surface area contributed by atoms with Crippen LogP contribution in [0.3, 0.4) is 0 Å². The zero-order valence-corrected chi connectivity index (χ0v) is 17.2. The molecule has 1 atom stereocenters. The predicted octanol–water partition coefficient (Wildman–Crippen LogP) is 4.97. The van der Waals surface area contributed by atoms with E-state index in [9.17, 15) is 4.55 Å². The van der Waals surface area contributed by atoms with Gasteiger partial charge >= 0.3 is 0 Å². The van der Waals surface area contributed by atoms with Crippen molar-refractivity contribution < 1.29 is 4.55 Å². The first-order valence-electron chi connectivity index (χ1n) is 8.60. The molecule has 4 heterocycles. The van der Waals surface area contributed by atoms with Crippen molar-refractivity contribution >= 4 is 49.8 Å². The number of thiazole rings is 1. The molecule has 0 spiro atoms. The van der Waals surface area contributed by atoms with E-state index in [-0.39, 0.29) is 0 Å². The summed E-state index contributed by atoms with van der Waals surface area (Å²) in [6, 6.07) is 5.86. The van der Waals surface area contributed by atoms with E-state index < -0.39 is 11.2 Å². The van der Waals surface area contributed by atoms with E-state index in [1.54, 1.807) is 29.9 Å². The van der Waals surface area contributed by atoms with Crippen LogP contribution in [0, 0.1) is 0 Å². The number of pyridine rings is 2. The van der Waals surface area contributed by atoms with E-state index >= 15 is 0 Å². The Morgan fingerprint density at radius 2 is 2.19 bits per heavy atom. The summed E-state index contributed by atoms with van der Waals surface area (Å²) in [6.07, 6.45) is 7.22. The number of nitrogens with zero attached hydrogens (tertiary/aromatic N) is 3. The standard InChI is InChI=1S/C19H18N4OS3/c1-2-3-9-27(24)19-16(20)15-13(17-22-7-8-25-17)10-14(23-18(15)26-19)12-5-4-6-21-11-12/h4-8,10-11H,2-3,9,20H2,1H3. The van der Waals surface area contributed by atoms with Gasteiger partial charge in [0.25, 0.3) is 0 Å². The van der Waals surface area contributed by atoms with E-state index in [1.165, 1.54) is 11.3 Å². The Bertz CT molecular complexity index is 1050. The van der Waals surface area contributed by atoms with Crippen molar-refractivity contribution in [2.24, 2.45) is 0 Å². The van der Waals surface area contributed by atoms with Gasteiger partial charge in [-0.2, -0.15) is 0 Å². The number of fused-ring (bicyclic) bond motifs is 1. The number of anilines is 1. The van der Waals surface area contributed by atoms with Gasteiger partial charge in [-0.25, -0.2) is 9.97 Å². The fourth-order valence-electron chi connectivity index (χ4n) is 2.83. The predicted molar refractivity (Wildman–Crippen MR) is 115 cm³/mol. The average molecular weight is 415 g/mol. The van der Waals surface area contributed by atoms with E-state index in [2.05, 4.69) is 16.9 Å². The summed E-state index contributed by atoms with van der Waals surface area (Å²) in [5.41, 5.74) is 9.69. The third-order valence-corrected chi connectivity index (χ3v) is 7.98. The number of nitrogens with two attached hydrogens (primary N) is 1. The second-order valence-electron chi connectivity index (χ2n) is 6.02. The Kier molecular flexibility index (Phi) is 5.40. The van der Waals surface area contributed by atoms with Gasteiger partial charge in [0.15, 0.2) is 0 Å². The molecule has 0 aliphatic carbocycles. The van der Waals surface area contributed by atoms with Crippen LogP contribution in [-0.4, -0.2) is 25.3 Å². The van der Waals surface area contributed by atoms with Gasteiger partial charge in [0.05, 0.1) is 11.1 Å². The minimum absolute atomic E-state index is 0.569. The molecule has 0 aliphatic rings. The monoisotopic (exact) mass is 414 g/mol. The molecule has 1 unspecified atom stereocenters. The van der Waals surface area contributed by atoms with Gasteiger partial charge < -0.3 is 10.3 Å². The summed E-state index contributed by atoms with van der Waals surface area (Å²) in [7, 11) is 0. The van der Waals surface area contributed by atoms with Crippen molar-refractivity contribution in [3.8, 4) is 21.8 Å². The Labute approximate surface area is 168 Å². The number of nitrogen functional groups attached to an aromatic ring is 1. The van der Waals surface area contributed by atoms with Crippen molar-refractivity contribution in [1.29, 1.82) is 0 Å². The van der Waals surface area contributed by atoms with Crippen LogP contribution in [0.15, 0.2) is 46.4 Å². The third-order valence-electron chi connectivity index (χ3n) is 4.17. The SMILES string of the molecule is CCCC[S+]([O-])c1sc2nc(-c3cccnc3)cc(-c3nccs3)c2c1N. The first-order chi connectivity index (χ1) is 13.2. The molecule has 0 aromatic carbocycles. The normalized spacial score (nSPS) is 12.5. The lowest BCUT2D eigenvalue weighted by atomic mass is 10.1. The second kappa shape index (κ2) is 7.93. The van der Waals surface area contributed by atoms with Crippen LogP contribution in [0.2, 0.25) is 0 Å². The number of hydrogen-bond acceptors (Lipinski definition) is 7. The highest BCUT2D eigenvalue weighted by molar-refractivity contribution is 7.93. The minimum Gasteiger partial charge on any atom is -0.611 e. The smallest absolute Gasteiger partial charge is 0.232 e. The van der Waals surface area contributed by atoms with Gasteiger partial charge in [0.2, 0.25) is 4.21 Å². The van der Waals surface area contributed by atoms with E-state index in [4.69, 9.17) is 10.7 Å². The maximum Gasteiger partial charge on any atom is 0.232 e. The average Bonchev–Trinajstić information content (AvgIpc) is 3.35. The fourth-order valence-corrected chi connectivity index (χ4v) is 6.28. The van der Waals surface area contributed by atoms with Crippen molar-refractivity contribution in [2.75, 3.05) is 11.5 Å². The summed E-state index contributed by atoms with van der Waals surface area (Å²) in [5.74, 6) is 0.621. The van der Waals surface area contributed by atoms with Gasteiger partial charge in [0, 0.05) is 35.1 Å². The van der Waals surface area contributed by atoms with Gasteiger partial charge in [-0.1, -0.05) is 24.7 Å². The summed E-state index contributed by atoms with van der Waals surface area (Å²) >= 11 is 1.87. The van der Waals surface area contributed by atoms with Gasteiger partial charge in [-0.3, -0.25) is 4.98 Å². The summed E-state index contributed by atoms with van der Waals surface area (Å²) in [6.45, 7) is 2.09. The Morgan fingerprint density at radius 1 is 1.30 bits per heavy atom. The van der Waals surface area contributed by atoms with Crippen LogP contribution in [0.1, 0.15) is 19.8 Å². The molecule has 2 N–H and O–H groups in total. The molecule has 0 saturated carbocycles. The highest BCUT2D eigenvalue weighted by Crippen LogP contribution is 2.43. The van der Waals surface area contributed by atoms with Gasteiger partial charge in [-0.15, -0.1) is 11.3 Å². The molecule has 5 nitrogen and oxygen atoms in total. The number of unbranched alkanes of at least 4 members (excludes halogenated alkanes) is 1. The van der Waals surface area contributed by atoms with Gasteiger partial charge in [0.1, 0.15) is 21.3 Å². The van der Waals surface area contributed by atoms with Crippen molar-refractivity contribution in [2.45, 2.75) is 24.0 Å².